The quantitative estimate of drug-likeness (QED) is 0.730. The Balaban J connectivity index is 1.59. The number of carbonyl (C=O) groups is 2. The summed E-state index contributed by atoms with van der Waals surface area (Å²) in [5.41, 5.74) is 0.697. The van der Waals surface area contributed by atoms with E-state index in [1.54, 1.807) is 36.3 Å². The molecule has 8 heteroatoms. The van der Waals surface area contributed by atoms with Crippen LogP contribution in [0.3, 0.4) is 0 Å². The molecule has 3 rings (SSSR count). The van der Waals surface area contributed by atoms with Crippen LogP contribution in [0, 0.1) is 5.92 Å². The van der Waals surface area contributed by atoms with E-state index in [9.17, 15) is 9.59 Å². The highest BCUT2D eigenvalue weighted by atomic mass is 16.6. The minimum Gasteiger partial charge on any atom is -0.497 e. The smallest absolute Gasteiger partial charge is 0.311 e. The summed E-state index contributed by atoms with van der Waals surface area (Å²) in [6, 6.07) is 7.16. The second kappa shape index (κ2) is 7.55. The fraction of sp³-hybridized carbons (Fsp3) is 0.444. The molecule has 0 N–H and O–H groups in total. The minimum atomic E-state index is -0.527. The first-order valence-electron chi connectivity index (χ1n) is 8.41. The molecule has 2 aromatic rings. The highest BCUT2D eigenvalue weighted by Crippen LogP contribution is 2.28. The zero-order valence-corrected chi connectivity index (χ0v) is 15.0. The lowest BCUT2D eigenvalue weighted by molar-refractivity contribution is -0.150. The van der Waals surface area contributed by atoms with Crippen LogP contribution in [0.2, 0.25) is 0 Å². The van der Waals surface area contributed by atoms with Crippen molar-refractivity contribution in [1.82, 2.24) is 10.1 Å². The first-order valence-corrected chi connectivity index (χ1v) is 8.41. The number of aromatic nitrogens is 2. The van der Waals surface area contributed by atoms with Gasteiger partial charge < -0.3 is 18.9 Å². The van der Waals surface area contributed by atoms with Gasteiger partial charge in [-0.15, -0.1) is 0 Å². The fourth-order valence-corrected chi connectivity index (χ4v) is 2.71. The average Bonchev–Trinajstić information content (AvgIpc) is 3.26. The first-order chi connectivity index (χ1) is 12.5. The van der Waals surface area contributed by atoms with E-state index >= 15 is 0 Å². The standard InChI is InChI=1S/C18H21N3O5/c1-11(2)17-19-15(26-20-17)10-25-18(23)12-7-16(22)21(9-12)13-5-4-6-14(8-13)24-3/h4-6,8,11-12H,7,9-10H2,1-3H3. The molecule has 138 valence electrons. The van der Waals surface area contributed by atoms with Gasteiger partial charge in [0.1, 0.15) is 5.75 Å². The van der Waals surface area contributed by atoms with Gasteiger partial charge in [0, 0.05) is 30.6 Å². The molecule has 0 spiro atoms. The first kappa shape index (κ1) is 17.9. The number of hydrogen-bond donors (Lipinski definition) is 0. The van der Waals surface area contributed by atoms with Crippen molar-refractivity contribution in [1.29, 1.82) is 0 Å². The number of benzene rings is 1. The second-order valence-electron chi connectivity index (χ2n) is 6.42. The summed E-state index contributed by atoms with van der Waals surface area (Å²) in [5.74, 6) is 0.493. The van der Waals surface area contributed by atoms with Crippen LogP contribution in [-0.2, 0) is 20.9 Å². The molecule has 1 aromatic heterocycles. The van der Waals surface area contributed by atoms with Crippen LogP contribution in [0.15, 0.2) is 28.8 Å². The maximum absolute atomic E-state index is 12.3. The average molecular weight is 359 g/mol. The van der Waals surface area contributed by atoms with Crippen LogP contribution in [0.1, 0.15) is 37.9 Å². The predicted octanol–water partition coefficient (Wildman–Crippen LogP) is 2.30. The fourth-order valence-electron chi connectivity index (χ4n) is 2.71. The van der Waals surface area contributed by atoms with Crippen molar-refractivity contribution in [2.45, 2.75) is 32.8 Å². The van der Waals surface area contributed by atoms with Gasteiger partial charge in [0.15, 0.2) is 12.4 Å². The van der Waals surface area contributed by atoms with Crippen molar-refractivity contribution >= 4 is 17.6 Å². The van der Waals surface area contributed by atoms with Crippen molar-refractivity contribution in [2.75, 3.05) is 18.6 Å². The van der Waals surface area contributed by atoms with Gasteiger partial charge >= 0.3 is 5.97 Å². The molecule has 1 aliphatic heterocycles. The van der Waals surface area contributed by atoms with Crippen molar-refractivity contribution in [2.24, 2.45) is 5.92 Å². The van der Waals surface area contributed by atoms with Crippen LogP contribution in [0.4, 0.5) is 5.69 Å². The lowest BCUT2D eigenvalue weighted by Gasteiger charge is -2.17. The molecule has 1 aromatic carbocycles. The van der Waals surface area contributed by atoms with Crippen LogP contribution in [-0.4, -0.2) is 35.7 Å². The number of hydrogen-bond acceptors (Lipinski definition) is 7. The molecule has 0 bridgehead atoms. The SMILES string of the molecule is COc1cccc(N2CC(C(=O)OCc3nc(C(C)C)no3)CC2=O)c1. The summed E-state index contributed by atoms with van der Waals surface area (Å²) >= 11 is 0. The molecule has 8 nitrogen and oxygen atoms in total. The lowest BCUT2D eigenvalue weighted by atomic mass is 10.1. The summed E-state index contributed by atoms with van der Waals surface area (Å²) in [6.07, 6.45) is 0.108. The van der Waals surface area contributed by atoms with Crippen molar-refractivity contribution in [3.63, 3.8) is 0 Å². The number of ether oxygens (including phenoxy) is 2. The van der Waals surface area contributed by atoms with Gasteiger partial charge in [-0.3, -0.25) is 9.59 Å². The third kappa shape index (κ3) is 3.84. The van der Waals surface area contributed by atoms with E-state index in [1.807, 2.05) is 13.8 Å². The summed E-state index contributed by atoms with van der Waals surface area (Å²) in [4.78, 5) is 30.3. The molecule has 1 saturated heterocycles. The predicted molar refractivity (Wildman–Crippen MR) is 91.6 cm³/mol. The third-order valence-electron chi connectivity index (χ3n) is 4.16. The molecule has 1 amide bonds. The Bertz CT molecular complexity index is 802. The molecule has 1 fully saturated rings. The number of nitrogens with zero attached hydrogens (tertiary/aromatic N) is 3. The van der Waals surface area contributed by atoms with Crippen LogP contribution in [0.5, 0.6) is 5.75 Å². The van der Waals surface area contributed by atoms with E-state index in [-0.39, 0.29) is 37.3 Å². The second-order valence-corrected chi connectivity index (χ2v) is 6.42. The van der Waals surface area contributed by atoms with E-state index in [2.05, 4.69) is 10.1 Å². The minimum absolute atomic E-state index is 0.0948. The zero-order valence-electron chi connectivity index (χ0n) is 15.0. The van der Waals surface area contributed by atoms with Gasteiger partial charge in [0.2, 0.25) is 5.91 Å². The molecule has 0 radical (unpaired) electrons. The van der Waals surface area contributed by atoms with Gasteiger partial charge in [0.05, 0.1) is 13.0 Å². The van der Waals surface area contributed by atoms with Gasteiger partial charge in [-0.1, -0.05) is 25.1 Å². The number of esters is 1. The molecular weight excluding hydrogens is 338 g/mol. The number of anilines is 1. The van der Waals surface area contributed by atoms with Crippen molar-refractivity contribution < 1.29 is 23.6 Å². The number of amides is 1. The van der Waals surface area contributed by atoms with E-state index in [0.717, 1.165) is 0 Å². The van der Waals surface area contributed by atoms with Crippen molar-refractivity contribution in [3.8, 4) is 5.75 Å². The van der Waals surface area contributed by atoms with Crippen molar-refractivity contribution in [3.05, 3.63) is 36.0 Å². The molecule has 1 aliphatic rings. The Hall–Kier alpha value is -2.90. The molecule has 1 unspecified atom stereocenters. The summed E-state index contributed by atoms with van der Waals surface area (Å²) in [7, 11) is 1.56. The molecular formula is C18H21N3O5. The highest BCUT2D eigenvalue weighted by molar-refractivity contribution is 5.99. The lowest BCUT2D eigenvalue weighted by Crippen LogP contribution is -2.26. The maximum Gasteiger partial charge on any atom is 0.311 e. The molecule has 2 heterocycles. The van der Waals surface area contributed by atoms with Gasteiger partial charge in [0.25, 0.3) is 5.89 Å². The summed E-state index contributed by atoms with van der Waals surface area (Å²) in [5, 5.41) is 3.82. The monoisotopic (exact) mass is 359 g/mol. The topological polar surface area (TPSA) is 94.8 Å². The Morgan fingerprint density at radius 1 is 1.42 bits per heavy atom. The summed E-state index contributed by atoms with van der Waals surface area (Å²) < 4.78 is 15.5. The molecule has 0 saturated carbocycles. The van der Waals surface area contributed by atoms with Crippen LogP contribution in [0.25, 0.3) is 0 Å². The van der Waals surface area contributed by atoms with Gasteiger partial charge in [-0.25, -0.2) is 0 Å². The highest BCUT2D eigenvalue weighted by Gasteiger charge is 2.36. The van der Waals surface area contributed by atoms with E-state index in [4.69, 9.17) is 14.0 Å². The van der Waals surface area contributed by atoms with Crippen LogP contribution < -0.4 is 9.64 Å². The third-order valence-corrected chi connectivity index (χ3v) is 4.16. The van der Waals surface area contributed by atoms with Gasteiger partial charge in [-0.2, -0.15) is 4.98 Å². The Morgan fingerprint density at radius 3 is 2.92 bits per heavy atom. The van der Waals surface area contributed by atoms with Crippen LogP contribution >= 0.6 is 0 Å². The molecule has 0 aliphatic carbocycles. The number of carbonyl (C=O) groups excluding carboxylic acids is 2. The Morgan fingerprint density at radius 2 is 2.23 bits per heavy atom. The van der Waals surface area contributed by atoms with E-state index < -0.39 is 11.9 Å². The van der Waals surface area contributed by atoms with E-state index in [1.165, 1.54) is 0 Å². The normalized spacial score (nSPS) is 17.0. The zero-order chi connectivity index (χ0) is 18.7. The summed E-state index contributed by atoms with van der Waals surface area (Å²) in [6.45, 7) is 4.06. The number of rotatable bonds is 6. The van der Waals surface area contributed by atoms with Gasteiger partial charge in [-0.05, 0) is 12.1 Å². The molecule has 26 heavy (non-hydrogen) atoms. The largest absolute Gasteiger partial charge is 0.497 e. The molecule has 1 atom stereocenters. The Labute approximate surface area is 151 Å². The number of methoxy groups -OCH3 is 1. The Kier molecular flexibility index (Phi) is 5.20. The van der Waals surface area contributed by atoms with E-state index in [0.29, 0.717) is 17.3 Å². The maximum atomic E-state index is 12.3.